The Balaban J connectivity index is 1.15. The first kappa shape index (κ1) is 27.7. The van der Waals surface area contributed by atoms with Crippen molar-refractivity contribution in [2.24, 2.45) is 45.8 Å². The number of rotatable bonds is 8. The second-order valence-electron chi connectivity index (χ2n) is 16.7. The Morgan fingerprint density at radius 1 is 0.846 bits per heavy atom. The van der Waals surface area contributed by atoms with E-state index < -0.39 is 27.6 Å². The average Bonchev–Trinajstić information content (AvgIpc) is 2.79. The van der Waals surface area contributed by atoms with Gasteiger partial charge in [-0.25, -0.2) is 0 Å². The lowest BCUT2D eigenvalue weighted by atomic mass is 9.44. The number of aliphatic hydroxyl groups is 1. The fraction of sp³-hybridized carbons (Fsp3) is 0.909. The zero-order valence-corrected chi connectivity index (χ0v) is 25.1. The molecule has 0 spiro atoms. The molecule has 0 amide bonds. The van der Waals surface area contributed by atoms with Gasteiger partial charge in [0.05, 0.1) is 16.4 Å². The van der Waals surface area contributed by atoms with Gasteiger partial charge in [-0.15, -0.1) is 0 Å². The summed E-state index contributed by atoms with van der Waals surface area (Å²) in [5, 5.41) is 11.3. The zero-order chi connectivity index (χ0) is 28.2. The molecule has 6 heteroatoms. The smallest absolute Gasteiger partial charge is 0.312 e. The number of ether oxygens (including phenoxy) is 2. The Bertz CT molecular complexity index is 1040. The summed E-state index contributed by atoms with van der Waals surface area (Å²) in [6.07, 6.45) is 10.7. The molecule has 0 saturated heterocycles. The van der Waals surface area contributed by atoms with E-state index in [9.17, 15) is 19.5 Å². The standard InChI is InChI=1S/C33H50O6/c1-7-30(6,27(36)38-29(4,5)31-11-21-8-22(12-31)14-32(37,13-21)19-31)18-28(2,3)26(35)39-33-15-20-9-23(16-33)25(34)24(10-20)17-33/h20-24,37H,7-19H2,1-6H3/t20?,21-,22?,23-,24-,30?,31?,32+,33?/m0/s1. The van der Waals surface area contributed by atoms with Crippen molar-refractivity contribution in [3.63, 3.8) is 0 Å². The molecule has 8 rings (SSSR count). The SMILES string of the molecule is CCC(C)(CC(C)(C)C(=O)OC12CC3C[C@@H](C1)C(=O)[C@@H](C3)C2)C(=O)OC(C)(C)C12CC3C[C@@H](C1)C[C@@](O)(C3)C2. The summed E-state index contributed by atoms with van der Waals surface area (Å²) >= 11 is 0. The highest BCUT2D eigenvalue weighted by atomic mass is 16.6. The van der Waals surface area contributed by atoms with Gasteiger partial charge in [-0.2, -0.15) is 0 Å². The minimum Gasteiger partial charge on any atom is -0.459 e. The number of esters is 2. The third kappa shape index (κ3) is 4.41. The van der Waals surface area contributed by atoms with Crippen LogP contribution in [0.1, 0.15) is 125 Å². The molecule has 0 radical (unpaired) electrons. The highest BCUT2D eigenvalue weighted by Gasteiger charge is 2.64. The van der Waals surface area contributed by atoms with E-state index in [1.165, 1.54) is 6.42 Å². The minimum atomic E-state index is -0.864. The van der Waals surface area contributed by atoms with Crippen LogP contribution < -0.4 is 0 Å². The van der Waals surface area contributed by atoms with E-state index >= 15 is 0 Å². The molecule has 0 aromatic heterocycles. The Labute approximate surface area is 234 Å². The average molecular weight is 543 g/mol. The van der Waals surface area contributed by atoms with Crippen LogP contribution in [0.3, 0.4) is 0 Å². The van der Waals surface area contributed by atoms with E-state index in [1.54, 1.807) is 0 Å². The summed E-state index contributed by atoms with van der Waals surface area (Å²) in [6.45, 7) is 11.8. The number of Topliss-reactive ketones (excluding diaryl/α,β-unsaturated/α-hetero) is 1. The summed E-state index contributed by atoms with van der Waals surface area (Å²) < 4.78 is 12.8. The molecule has 0 aliphatic heterocycles. The summed E-state index contributed by atoms with van der Waals surface area (Å²) in [7, 11) is 0. The van der Waals surface area contributed by atoms with Crippen molar-refractivity contribution in [1.29, 1.82) is 0 Å². The second kappa shape index (κ2) is 8.55. The number of carbonyl (C=O) groups is 3. The van der Waals surface area contributed by atoms with Crippen LogP contribution in [0, 0.1) is 45.8 Å². The van der Waals surface area contributed by atoms with Gasteiger partial charge in [-0.3, -0.25) is 14.4 Å². The van der Waals surface area contributed by atoms with Crippen molar-refractivity contribution in [2.75, 3.05) is 0 Å². The van der Waals surface area contributed by atoms with Gasteiger partial charge < -0.3 is 14.6 Å². The largest absolute Gasteiger partial charge is 0.459 e. The van der Waals surface area contributed by atoms with Crippen molar-refractivity contribution in [3.05, 3.63) is 0 Å². The topological polar surface area (TPSA) is 89.9 Å². The summed E-state index contributed by atoms with van der Waals surface area (Å²) in [6, 6.07) is 0. The van der Waals surface area contributed by atoms with Gasteiger partial charge in [-0.05, 0) is 136 Å². The van der Waals surface area contributed by atoms with Crippen LogP contribution in [-0.4, -0.2) is 39.6 Å². The maximum absolute atomic E-state index is 14.0. The third-order valence-corrected chi connectivity index (χ3v) is 12.6. The van der Waals surface area contributed by atoms with Crippen molar-refractivity contribution in [3.8, 4) is 0 Å². The fourth-order valence-corrected chi connectivity index (χ4v) is 10.9. The molecule has 1 N–H and O–H groups in total. The van der Waals surface area contributed by atoms with Crippen molar-refractivity contribution < 1.29 is 29.0 Å². The quantitative estimate of drug-likeness (QED) is 0.369. The molecule has 7 atom stereocenters. The number of hydrogen-bond donors (Lipinski definition) is 1. The van der Waals surface area contributed by atoms with E-state index in [0.717, 1.165) is 44.9 Å². The van der Waals surface area contributed by atoms with Gasteiger partial charge in [-0.1, -0.05) is 6.92 Å². The van der Waals surface area contributed by atoms with Gasteiger partial charge in [0, 0.05) is 17.3 Å². The van der Waals surface area contributed by atoms with Crippen LogP contribution in [0.4, 0.5) is 0 Å². The van der Waals surface area contributed by atoms with Crippen LogP contribution in [0.2, 0.25) is 0 Å². The van der Waals surface area contributed by atoms with Crippen molar-refractivity contribution in [1.82, 2.24) is 0 Å². The predicted molar refractivity (Wildman–Crippen MR) is 146 cm³/mol. The molecule has 8 saturated carbocycles. The van der Waals surface area contributed by atoms with E-state index in [1.807, 2.05) is 41.5 Å². The molecule has 0 aromatic carbocycles. The molecule has 0 heterocycles. The first-order chi connectivity index (χ1) is 18.0. The highest BCUT2D eigenvalue weighted by molar-refractivity contribution is 5.86. The van der Waals surface area contributed by atoms with Crippen LogP contribution in [0.25, 0.3) is 0 Å². The number of hydrogen-bond acceptors (Lipinski definition) is 6. The van der Waals surface area contributed by atoms with E-state index in [-0.39, 0.29) is 29.2 Å². The molecule has 3 unspecified atom stereocenters. The van der Waals surface area contributed by atoms with Gasteiger partial charge in [0.15, 0.2) is 0 Å². The van der Waals surface area contributed by atoms with Gasteiger partial charge in [0.25, 0.3) is 0 Å². The summed E-state index contributed by atoms with van der Waals surface area (Å²) in [5.74, 6) is 1.48. The first-order valence-corrected chi connectivity index (χ1v) is 15.7. The van der Waals surface area contributed by atoms with Crippen molar-refractivity contribution >= 4 is 17.7 Å². The Morgan fingerprint density at radius 3 is 1.97 bits per heavy atom. The molecule has 8 bridgehead atoms. The second-order valence-corrected chi connectivity index (χ2v) is 16.7. The van der Waals surface area contributed by atoms with Crippen LogP contribution in [0.5, 0.6) is 0 Å². The predicted octanol–water partition coefficient (Wildman–Crippen LogP) is 6.16. The highest BCUT2D eigenvalue weighted by Crippen LogP contribution is 2.66. The molecule has 8 aliphatic rings. The molecule has 218 valence electrons. The van der Waals surface area contributed by atoms with Gasteiger partial charge in [0.2, 0.25) is 0 Å². The molecule has 8 aliphatic carbocycles. The minimum absolute atomic E-state index is 0.0490. The monoisotopic (exact) mass is 542 g/mol. The first-order valence-electron chi connectivity index (χ1n) is 15.7. The lowest BCUT2D eigenvalue weighted by Gasteiger charge is -2.64. The normalized spacial score (nSPS) is 43.9. The summed E-state index contributed by atoms with van der Waals surface area (Å²) in [4.78, 5) is 40.3. The Morgan fingerprint density at radius 2 is 1.44 bits per heavy atom. The number of ketones is 1. The fourth-order valence-electron chi connectivity index (χ4n) is 10.9. The van der Waals surface area contributed by atoms with Crippen LogP contribution in [-0.2, 0) is 23.9 Å². The molecule has 0 aromatic rings. The van der Waals surface area contributed by atoms with Crippen LogP contribution in [0.15, 0.2) is 0 Å². The maximum atomic E-state index is 14.0. The molecule has 39 heavy (non-hydrogen) atoms. The zero-order valence-electron chi connectivity index (χ0n) is 25.1. The molecule has 6 nitrogen and oxygen atoms in total. The van der Waals surface area contributed by atoms with Crippen LogP contribution >= 0.6 is 0 Å². The van der Waals surface area contributed by atoms with E-state index in [4.69, 9.17) is 9.47 Å². The Hall–Kier alpha value is -1.43. The maximum Gasteiger partial charge on any atom is 0.312 e. The van der Waals surface area contributed by atoms with E-state index in [2.05, 4.69) is 0 Å². The van der Waals surface area contributed by atoms with Crippen molar-refractivity contribution in [2.45, 2.75) is 142 Å². The molecular formula is C33H50O6. The van der Waals surface area contributed by atoms with Gasteiger partial charge >= 0.3 is 11.9 Å². The molecule has 8 fully saturated rings. The lowest BCUT2D eigenvalue weighted by Crippen LogP contribution is -2.63. The third-order valence-electron chi connectivity index (χ3n) is 12.6. The lowest BCUT2D eigenvalue weighted by molar-refractivity contribution is -0.237. The molecular weight excluding hydrogens is 492 g/mol. The number of carbonyl (C=O) groups excluding carboxylic acids is 3. The Kier molecular flexibility index (Phi) is 6.08. The van der Waals surface area contributed by atoms with Gasteiger partial charge in [0.1, 0.15) is 17.0 Å². The summed E-state index contributed by atoms with van der Waals surface area (Å²) in [5.41, 5.74) is -3.71. The van der Waals surface area contributed by atoms with E-state index in [0.29, 0.717) is 55.6 Å².